The molecule has 0 unspecified atom stereocenters. The average Bonchev–Trinajstić information content (AvgIpc) is 2.64. The van der Waals surface area contributed by atoms with Crippen molar-refractivity contribution in [2.45, 2.75) is 13.8 Å². The Kier molecular flexibility index (Phi) is 4.66. The minimum atomic E-state index is -3.84. The molecule has 19 heavy (non-hydrogen) atoms. The lowest BCUT2D eigenvalue weighted by molar-refractivity contribution is 0.202. The first-order valence-corrected chi connectivity index (χ1v) is 9.70. The summed E-state index contributed by atoms with van der Waals surface area (Å²) in [7, 11) is -3.84. The molecule has 1 heterocycles. The van der Waals surface area contributed by atoms with Gasteiger partial charge in [0.25, 0.3) is 0 Å². The molecule has 0 amide bonds. The Morgan fingerprint density at radius 1 is 1.16 bits per heavy atom. The smallest absolute Gasteiger partial charge is 0.391 e. The molecule has 1 aromatic rings. The number of rotatable bonds is 6. The summed E-state index contributed by atoms with van der Waals surface area (Å²) in [5.41, 5.74) is 0. The second-order valence-corrected chi connectivity index (χ2v) is 8.11. The first kappa shape index (κ1) is 15.0. The Balaban J connectivity index is 2.15. The van der Waals surface area contributed by atoms with Gasteiger partial charge in [0.2, 0.25) is 0 Å². The molecule has 2 rings (SSSR count). The van der Waals surface area contributed by atoms with Crippen LogP contribution in [0.2, 0.25) is 0 Å². The van der Waals surface area contributed by atoms with Crippen molar-refractivity contribution in [3.8, 4) is 11.5 Å². The summed E-state index contributed by atoms with van der Waals surface area (Å²) in [6.45, 7) is 0.903. The van der Waals surface area contributed by atoms with Gasteiger partial charge in [0.1, 0.15) is 0 Å². The first-order chi connectivity index (χ1) is 9.00. The van der Waals surface area contributed by atoms with Crippen molar-refractivity contribution in [1.29, 1.82) is 0 Å². The molecule has 0 fully saturated rings. The molecule has 0 spiro atoms. The zero-order valence-electron chi connectivity index (χ0n) is 10.5. The van der Waals surface area contributed by atoms with Crippen LogP contribution in [-0.4, -0.2) is 13.2 Å². The summed E-state index contributed by atoms with van der Waals surface area (Å²) in [5.74, 6) is 0.695. The van der Waals surface area contributed by atoms with E-state index in [1.165, 1.54) is 0 Å². The number of phosphoric ester groups is 1. The van der Waals surface area contributed by atoms with Crippen molar-refractivity contribution in [3.05, 3.63) is 24.3 Å². The van der Waals surface area contributed by atoms with Crippen molar-refractivity contribution in [2.75, 3.05) is 13.2 Å². The molecule has 0 bridgehead atoms. The van der Waals surface area contributed by atoms with E-state index in [0.29, 0.717) is 11.5 Å². The maximum Gasteiger partial charge on any atom is 0.595 e. The molecule has 1 aliphatic heterocycles. The van der Waals surface area contributed by atoms with E-state index in [1.54, 1.807) is 38.1 Å². The van der Waals surface area contributed by atoms with Crippen molar-refractivity contribution in [1.82, 2.24) is 0 Å². The van der Waals surface area contributed by atoms with Gasteiger partial charge in [-0.3, -0.25) is 0 Å². The largest absolute Gasteiger partial charge is 0.595 e. The lowest BCUT2D eigenvalue weighted by atomic mass is 10.3. The van der Waals surface area contributed by atoms with Gasteiger partial charge in [0.15, 0.2) is 11.5 Å². The third-order valence-electron chi connectivity index (χ3n) is 2.04. The Morgan fingerprint density at radius 2 is 1.63 bits per heavy atom. The average molecular weight is 324 g/mol. The molecular formula is C10H14O6P2S. The number of fused-ring (bicyclic) bond motifs is 1. The molecule has 0 atom stereocenters. The van der Waals surface area contributed by atoms with Crippen molar-refractivity contribution in [2.24, 2.45) is 0 Å². The highest BCUT2D eigenvalue weighted by atomic mass is 32.5. The number of phosphoric acid groups is 1. The number of para-hydroxylation sites is 2. The van der Waals surface area contributed by atoms with E-state index in [9.17, 15) is 4.57 Å². The van der Waals surface area contributed by atoms with Crippen LogP contribution in [0.5, 0.6) is 11.5 Å². The molecule has 0 N–H and O–H groups in total. The van der Waals surface area contributed by atoms with Gasteiger partial charge in [-0.2, -0.15) is 4.31 Å². The summed E-state index contributed by atoms with van der Waals surface area (Å²) in [6, 6.07) is 6.73. The van der Waals surface area contributed by atoms with E-state index >= 15 is 0 Å². The van der Waals surface area contributed by atoms with E-state index in [2.05, 4.69) is 0 Å². The van der Waals surface area contributed by atoms with Crippen LogP contribution in [0, 0.1) is 0 Å². The van der Waals surface area contributed by atoms with Gasteiger partial charge in [-0.15, -0.1) is 0 Å². The van der Waals surface area contributed by atoms with Gasteiger partial charge in [-0.25, -0.2) is 4.57 Å². The van der Waals surface area contributed by atoms with E-state index in [-0.39, 0.29) is 13.2 Å². The topological polar surface area (TPSA) is 63.2 Å². The third-order valence-corrected chi connectivity index (χ3v) is 6.87. The molecule has 1 aromatic carbocycles. The van der Waals surface area contributed by atoms with Crippen LogP contribution in [0.1, 0.15) is 13.8 Å². The zero-order valence-corrected chi connectivity index (χ0v) is 13.1. The van der Waals surface area contributed by atoms with Crippen LogP contribution in [-0.2, 0) is 29.7 Å². The predicted octanol–water partition coefficient (Wildman–Crippen LogP) is 3.88. The summed E-state index contributed by atoms with van der Waals surface area (Å²) in [5, 5.41) is 0. The van der Waals surface area contributed by atoms with Crippen molar-refractivity contribution in [3.63, 3.8) is 0 Å². The molecule has 106 valence electrons. The number of hydrogen-bond acceptors (Lipinski definition) is 7. The minimum Gasteiger partial charge on any atom is -0.391 e. The SMILES string of the molecule is CCOP(=S)(OCC)OP1(=O)Oc2ccccc2O1. The van der Waals surface area contributed by atoms with E-state index in [1.807, 2.05) is 0 Å². The fourth-order valence-corrected chi connectivity index (χ4v) is 5.94. The van der Waals surface area contributed by atoms with E-state index in [4.69, 9.17) is 34.2 Å². The van der Waals surface area contributed by atoms with Crippen molar-refractivity contribution >= 4 is 26.3 Å². The normalized spacial score (nSPS) is 16.5. The number of benzene rings is 1. The fraction of sp³-hybridized carbons (Fsp3) is 0.400. The molecule has 6 nitrogen and oxygen atoms in total. The molecule has 0 aliphatic carbocycles. The molecule has 0 saturated heterocycles. The first-order valence-electron chi connectivity index (χ1n) is 5.69. The quantitative estimate of drug-likeness (QED) is 0.736. The monoisotopic (exact) mass is 324 g/mol. The Bertz CT molecular complexity index is 510. The maximum atomic E-state index is 12.4. The summed E-state index contributed by atoms with van der Waals surface area (Å²) >= 11 is 5.13. The third kappa shape index (κ3) is 3.57. The molecule has 0 aromatic heterocycles. The van der Waals surface area contributed by atoms with Gasteiger partial charge in [-0.05, 0) is 37.8 Å². The fourth-order valence-electron chi connectivity index (χ4n) is 1.42. The molecule has 0 radical (unpaired) electrons. The number of hydrogen-bond donors (Lipinski definition) is 0. The van der Waals surface area contributed by atoms with Gasteiger partial charge < -0.3 is 18.1 Å². The maximum absolute atomic E-state index is 12.4. The lowest BCUT2D eigenvalue weighted by Gasteiger charge is -2.21. The Morgan fingerprint density at radius 3 is 2.05 bits per heavy atom. The van der Waals surface area contributed by atoms with Crippen molar-refractivity contribution < 1.29 is 27.0 Å². The van der Waals surface area contributed by atoms with Gasteiger partial charge >= 0.3 is 14.5 Å². The molecule has 0 saturated carbocycles. The summed E-state index contributed by atoms with van der Waals surface area (Å²) in [6.07, 6.45) is 0. The van der Waals surface area contributed by atoms with Gasteiger partial charge in [-0.1, -0.05) is 12.1 Å². The highest BCUT2D eigenvalue weighted by Gasteiger charge is 2.44. The van der Waals surface area contributed by atoms with Gasteiger partial charge in [0, 0.05) is 0 Å². The van der Waals surface area contributed by atoms with Crippen LogP contribution < -0.4 is 9.05 Å². The second-order valence-electron chi connectivity index (χ2n) is 3.44. The highest BCUT2D eigenvalue weighted by Crippen LogP contribution is 2.69. The summed E-state index contributed by atoms with van der Waals surface area (Å²) in [4.78, 5) is 0. The van der Waals surface area contributed by atoms with Crippen LogP contribution >= 0.6 is 14.5 Å². The predicted molar refractivity (Wildman–Crippen MR) is 73.9 cm³/mol. The highest BCUT2D eigenvalue weighted by molar-refractivity contribution is 8.09. The van der Waals surface area contributed by atoms with Gasteiger partial charge in [0.05, 0.1) is 13.2 Å². The minimum absolute atomic E-state index is 0.282. The zero-order chi connectivity index (χ0) is 13.9. The van der Waals surface area contributed by atoms with E-state index in [0.717, 1.165) is 0 Å². The standard InChI is InChI=1S/C10H14O6P2S/c1-3-12-18(19,13-4-2)16-17(11)14-9-7-5-6-8-10(9)15-17/h5-8H,3-4H2,1-2H3. The Labute approximate surface area is 116 Å². The Hall–Kier alpha value is -0.420. The van der Waals surface area contributed by atoms with Crippen LogP contribution in [0.25, 0.3) is 0 Å². The van der Waals surface area contributed by atoms with Crippen LogP contribution in [0.4, 0.5) is 0 Å². The molecular weight excluding hydrogens is 310 g/mol. The summed E-state index contributed by atoms with van der Waals surface area (Å²) < 4.78 is 38.5. The molecule has 1 aliphatic rings. The van der Waals surface area contributed by atoms with Crippen LogP contribution in [0.15, 0.2) is 24.3 Å². The second kappa shape index (κ2) is 5.92. The van der Waals surface area contributed by atoms with Crippen LogP contribution in [0.3, 0.4) is 0 Å². The lowest BCUT2D eigenvalue weighted by Crippen LogP contribution is -2.02. The van der Waals surface area contributed by atoms with E-state index < -0.39 is 14.5 Å². The molecule has 9 heteroatoms.